The van der Waals surface area contributed by atoms with Crippen molar-refractivity contribution in [1.29, 1.82) is 0 Å². The van der Waals surface area contributed by atoms with Crippen molar-refractivity contribution in [2.24, 2.45) is 10.7 Å². The highest BCUT2D eigenvalue weighted by Crippen LogP contribution is 2.32. The molecule has 0 spiro atoms. The third-order valence-corrected chi connectivity index (χ3v) is 3.82. The molecule has 3 rings (SSSR count). The Balaban J connectivity index is 1.52. The summed E-state index contributed by atoms with van der Waals surface area (Å²) in [5.74, 6) is 1.78. The van der Waals surface area contributed by atoms with E-state index in [1.807, 2.05) is 30.3 Å². The first kappa shape index (κ1) is 16.6. The lowest BCUT2D eigenvalue weighted by molar-refractivity contribution is 0.100. The van der Waals surface area contributed by atoms with Gasteiger partial charge in [0.1, 0.15) is 0 Å². The van der Waals surface area contributed by atoms with E-state index in [1.54, 1.807) is 19.2 Å². The maximum absolute atomic E-state index is 11.1. The monoisotopic (exact) mass is 340 g/mol. The SMILES string of the molecule is CN=C(NCc1ccc(C(N)=O)cc1)NCc1ccc2c(c1)OCO2. The van der Waals surface area contributed by atoms with Crippen LogP contribution < -0.4 is 25.8 Å². The number of nitrogens with zero attached hydrogens (tertiary/aromatic N) is 1. The number of fused-ring (bicyclic) bond motifs is 1. The van der Waals surface area contributed by atoms with Gasteiger partial charge in [-0.1, -0.05) is 18.2 Å². The quantitative estimate of drug-likeness (QED) is 0.564. The zero-order chi connectivity index (χ0) is 17.6. The van der Waals surface area contributed by atoms with E-state index in [1.165, 1.54) is 0 Å². The topological polar surface area (TPSA) is 98.0 Å². The number of carbonyl (C=O) groups is 1. The molecule has 0 saturated carbocycles. The Labute approximate surface area is 145 Å². The number of benzene rings is 2. The number of guanidine groups is 1. The molecule has 1 heterocycles. The largest absolute Gasteiger partial charge is 0.454 e. The van der Waals surface area contributed by atoms with Crippen molar-refractivity contribution in [3.63, 3.8) is 0 Å². The van der Waals surface area contributed by atoms with Crippen molar-refractivity contribution in [3.8, 4) is 11.5 Å². The van der Waals surface area contributed by atoms with Gasteiger partial charge < -0.3 is 25.8 Å². The van der Waals surface area contributed by atoms with E-state index in [0.29, 0.717) is 24.6 Å². The number of carbonyl (C=O) groups excluding carboxylic acids is 1. The lowest BCUT2D eigenvalue weighted by Gasteiger charge is -2.12. The van der Waals surface area contributed by atoms with E-state index in [-0.39, 0.29) is 6.79 Å². The van der Waals surface area contributed by atoms with Gasteiger partial charge in [-0.05, 0) is 35.4 Å². The van der Waals surface area contributed by atoms with Gasteiger partial charge >= 0.3 is 0 Å². The number of ether oxygens (including phenoxy) is 2. The van der Waals surface area contributed by atoms with E-state index < -0.39 is 5.91 Å². The molecule has 0 aliphatic carbocycles. The molecule has 7 nitrogen and oxygen atoms in total. The fraction of sp³-hybridized carbons (Fsp3) is 0.222. The molecule has 1 aliphatic heterocycles. The van der Waals surface area contributed by atoms with Gasteiger partial charge in [-0.25, -0.2) is 0 Å². The molecule has 0 atom stereocenters. The Morgan fingerprint density at radius 2 is 1.68 bits per heavy atom. The molecule has 0 aromatic heterocycles. The van der Waals surface area contributed by atoms with Crippen LogP contribution in [0.4, 0.5) is 0 Å². The van der Waals surface area contributed by atoms with Crippen molar-refractivity contribution in [3.05, 3.63) is 59.2 Å². The molecule has 1 amide bonds. The molecule has 0 bridgehead atoms. The smallest absolute Gasteiger partial charge is 0.248 e. The number of amides is 1. The van der Waals surface area contributed by atoms with Crippen LogP contribution in [0.1, 0.15) is 21.5 Å². The Kier molecular flexibility index (Phi) is 5.03. The van der Waals surface area contributed by atoms with Gasteiger partial charge in [-0.3, -0.25) is 9.79 Å². The van der Waals surface area contributed by atoms with Crippen molar-refractivity contribution < 1.29 is 14.3 Å². The van der Waals surface area contributed by atoms with Crippen LogP contribution in [0.15, 0.2) is 47.5 Å². The highest BCUT2D eigenvalue weighted by molar-refractivity contribution is 5.92. The summed E-state index contributed by atoms with van der Waals surface area (Å²) in [7, 11) is 1.71. The zero-order valence-electron chi connectivity index (χ0n) is 13.9. The van der Waals surface area contributed by atoms with Crippen LogP contribution in [0, 0.1) is 0 Å². The van der Waals surface area contributed by atoms with Crippen LogP contribution in [-0.4, -0.2) is 25.7 Å². The first-order valence-corrected chi connectivity index (χ1v) is 7.87. The van der Waals surface area contributed by atoms with E-state index in [0.717, 1.165) is 22.6 Å². The number of hydrogen-bond donors (Lipinski definition) is 3. The molecule has 0 fully saturated rings. The number of nitrogens with one attached hydrogen (secondary N) is 2. The highest BCUT2D eigenvalue weighted by atomic mass is 16.7. The van der Waals surface area contributed by atoms with Crippen LogP contribution in [0.3, 0.4) is 0 Å². The minimum absolute atomic E-state index is 0.268. The van der Waals surface area contributed by atoms with Crippen LogP contribution in [0.5, 0.6) is 11.5 Å². The number of aliphatic imine (C=N–C) groups is 1. The average Bonchev–Trinajstić information content (AvgIpc) is 3.10. The second-order valence-electron chi connectivity index (χ2n) is 5.53. The van der Waals surface area contributed by atoms with Crippen LogP contribution in [0.2, 0.25) is 0 Å². The number of nitrogens with two attached hydrogens (primary N) is 1. The van der Waals surface area contributed by atoms with E-state index in [2.05, 4.69) is 15.6 Å². The van der Waals surface area contributed by atoms with Gasteiger partial charge in [0.05, 0.1) is 0 Å². The third kappa shape index (κ3) is 4.20. The first-order chi connectivity index (χ1) is 12.2. The highest BCUT2D eigenvalue weighted by Gasteiger charge is 2.13. The summed E-state index contributed by atoms with van der Waals surface area (Å²) in [4.78, 5) is 15.3. The second kappa shape index (κ2) is 7.57. The van der Waals surface area contributed by atoms with Crippen molar-refractivity contribution >= 4 is 11.9 Å². The number of rotatable bonds is 5. The van der Waals surface area contributed by atoms with Crippen LogP contribution in [-0.2, 0) is 13.1 Å². The average molecular weight is 340 g/mol. The summed E-state index contributed by atoms with van der Waals surface area (Å²) in [6, 6.07) is 13.0. The summed E-state index contributed by atoms with van der Waals surface area (Å²) in [6.45, 7) is 1.46. The minimum Gasteiger partial charge on any atom is -0.454 e. The molecule has 4 N–H and O–H groups in total. The zero-order valence-corrected chi connectivity index (χ0v) is 13.9. The summed E-state index contributed by atoms with van der Waals surface area (Å²) in [5.41, 5.74) is 7.82. The summed E-state index contributed by atoms with van der Waals surface area (Å²) in [6.07, 6.45) is 0. The lowest BCUT2D eigenvalue weighted by atomic mass is 10.1. The van der Waals surface area contributed by atoms with Crippen molar-refractivity contribution in [1.82, 2.24) is 10.6 Å². The Bertz CT molecular complexity index is 787. The maximum atomic E-state index is 11.1. The standard InChI is InChI=1S/C18H20N4O3/c1-20-18(21-9-12-2-5-14(6-3-12)17(19)23)22-10-13-4-7-15-16(8-13)25-11-24-15/h2-8H,9-11H2,1H3,(H2,19,23)(H2,20,21,22). The van der Waals surface area contributed by atoms with E-state index in [9.17, 15) is 4.79 Å². The Morgan fingerprint density at radius 3 is 2.36 bits per heavy atom. The van der Waals surface area contributed by atoms with Crippen LogP contribution in [0.25, 0.3) is 0 Å². The molecule has 7 heteroatoms. The second-order valence-corrected chi connectivity index (χ2v) is 5.53. The first-order valence-electron chi connectivity index (χ1n) is 7.87. The molecular weight excluding hydrogens is 320 g/mol. The van der Waals surface area contributed by atoms with E-state index >= 15 is 0 Å². The van der Waals surface area contributed by atoms with Gasteiger partial charge in [-0.2, -0.15) is 0 Å². The number of primary amides is 1. The maximum Gasteiger partial charge on any atom is 0.248 e. The molecule has 1 aliphatic rings. The molecule has 130 valence electrons. The molecule has 0 saturated heterocycles. The fourth-order valence-electron chi connectivity index (χ4n) is 2.43. The van der Waals surface area contributed by atoms with Crippen molar-refractivity contribution in [2.75, 3.05) is 13.8 Å². The Morgan fingerprint density at radius 1 is 1.04 bits per heavy atom. The summed E-state index contributed by atoms with van der Waals surface area (Å²) < 4.78 is 10.7. The molecule has 2 aromatic rings. The van der Waals surface area contributed by atoms with Gasteiger partial charge in [0.15, 0.2) is 17.5 Å². The van der Waals surface area contributed by atoms with Gasteiger partial charge in [0.2, 0.25) is 12.7 Å². The molecule has 25 heavy (non-hydrogen) atoms. The molecule has 2 aromatic carbocycles. The lowest BCUT2D eigenvalue weighted by Crippen LogP contribution is -2.36. The van der Waals surface area contributed by atoms with Gasteiger partial charge in [-0.15, -0.1) is 0 Å². The van der Waals surface area contributed by atoms with Crippen molar-refractivity contribution in [2.45, 2.75) is 13.1 Å². The number of hydrogen-bond acceptors (Lipinski definition) is 4. The molecule has 0 unspecified atom stereocenters. The third-order valence-electron chi connectivity index (χ3n) is 3.82. The van der Waals surface area contributed by atoms with Gasteiger partial charge in [0.25, 0.3) is 0 Å². The predicted octanol–water partition coefficient (Wildman–Crippen LogP) is 1.38. The minimum atomic E-state index is -0.430. The predicted molar refractivity (Wildman–Crippen MR) is 94.6 cm³/mol. The Hall–Kier alpha value is -3.22. The fourth-order valence-corrected chi connectivity index (χ4v) is 2.43. The normalized spacial score (nSPS) is 12.8. The molecule has 0 radical (unpaired) electrons. The van der Waals surface area contributed by atoms with Crippen LogP contribution >= 0.6 is 0 Å². The molecular formula is C18H20N4O3. The summed E-state index contributed by atoms with van der Waals surface area (Å²) in [5, 5.41) is 6.47. The summed E-state index contributed by atoms with van der Waals surface area (Å²) >= 11 is 0. The van der Waals surface area contributed by atoms with E-state index in [4.69, 9.17) is 15.2 Å². The van der Waals surface area contributed by atoms with Gasteiger partial charge in [0, 0.05) is 25.7 Å².